The lowest BCUT2D eigenvalue weighted by Crippen LogP contribution is -2.39. The molecule has 0 bridgehead atoms. The van der Waals surface area contributed by atoms with E-state index in [-0.39, 0.29) is 33.3 Å². The molecule has 1 aromatic heterocycles. The number of imidazole rings is 1. The highest BCUT2D eigenvalue weighted by atomic mass is 35.5. The zero-order chi connectivity index (χ0) is 23.8. The number of benzene rings is 2. The summed E-state index contributed by atoms with van der Waals surface area (Å²) in [5.74, 6) is 0.658. The van der Waals surface area contributed by atoms with E-state index in [1.807, 2.05) is 45.0 Å². The quantitative estimate of drug-likeness (QED) is 0.548. The number of nitrogens with one attached hydrogen (secondary N) is 1. The molecule has 1 N–H and O–H groups in total. The zero-order valence-electron chi connectivity index (χ0n) is 19.1. The van der Waals surface area contributed by atoms with Crippen molar-refractivity contribution in [3.63, 3.8) is 0 Å². The van der Waals surface area contributed by atoms with Crippen LogP contribution in [0.15, 0.2) is 47.4 Å². The van der Waals surface area contributed by atoms with Crippen molar-refractivity contribution in [3.8, 4) is 0 Å². The van der Waals surface area contributed by atoms with Crippen molar-refractivity contribution in [2.24, 2.45) is 5.92 Å². The van der Waals surface area contributed by atoms with E-state index in [1.165, 1.54) is 16.4 Å². The number of fused-ring (bicyclic) bond motifs is 1. The number of rotatable bonds is 6. The first-order chi connectivity index (χ1) is 15.7. The maximum atomic E-state index is 13.3. The minimum Gasteiger partial charge on any atom is -0.342 e. The second-order valence-electron chi connectivity index (χ2n) is 8.65. The number of hydrogen-bond acceptors (Lipinski definition) is 4. The second-order valence-corrected chi connectivity index (χ2v) is 11.0. The first-order valence-electron chi connectivity index (χ1n) is 11.3. The van der Waals surface area contributed by atoms with Crippen LogP contribution in [0, 0.1) is 5.92 Å². The summed E-state index contributed by atoms with van der Waals surface area (Å²) in [6, 6.07) is 11.9. The molecule has 3 aromatic rings. The molecule has 2 unspecified atom stereocenters. The van der Waals surface area contributed by atoms with Gasteiger partial charge in [-0.1, -0.05) is 30.7 Å². The topological polar surface area (TPSA) is 84.3 Å². The molecule has 7 nitrogen and oxygen atoms in total. The normalized spacial score (nSPS) is 18.4. The first-order valence-corrected chi connectivity index (χ1v) is 13.1. The highest BCUT2D eigenvalue weighted by Crippen LogP contribution is 2.29. The van der Waals surface area contributed by atoms with Gasteiger partial charge in [-0.3, -0.25) is 4.79 Å². The smallest absolute Gasteiger partial charge is 0.251 e. The summed E-state index contributed by atoms with van der Waals surface area (Å²) in [6.07, 6.45) is 1.82. The van der Waals surface area contributed by atoms with Crippen LogP contribution in [0.2, 0.25) is 5.02 Å². The van der Waals surface area contributed by atoms with Crippen LogP contribution in [0.25, 0.3) is 11.0 Å². The van der Waals surface area contributed by atoms with E-state index in [0.717, 1.165) is 29.7 Å². The minimum absolute atomic E-state index is 0.0284. The number of halogens is 1. The molecule has 1 aliphatic heterocycles. The molecule has 1 aliphatic rings. The molecule has 0 radical (unpaired) electrons. The minimum atomic E-state index is -3.79. The van der Waals surface area contributed by atoms with Crippen molar-refractivity contribution in [1.29, 1.82) is 0 Å². The van der Waals surface area contributed by atoms with Crippen molar-refractivity contribution in [1.82, 2.24) is 19.2 Å². The lowest BCUT2D eigenvalue weighted by atomic mass is 10.0. The van der Waals surface area contributed by atoms with Crippen molar-refractivity contribution < 1.29 is 13.2 Å². The van der Waals surface area contributed by atoms with E-state index in [0.29, 0.717) is 19.6 Å². The highest BCUT2D eigenvalue weighted by molar-refractivity contribution is 7.89. The van der Waals surface area contributed by atoms with Gasteiger partial charge in [0, 0.05) is 25.2 Å². The summed E-state index contributed by atoms with van der Waals surface area (Å²) in [4.78, 5) is 17.7. The Morgan fingerprint density at radius 2 is 2.03 bits per heavy atom. The molecule has 2 heterocycles. The lowest BCUT2D eigenvalue weighted by Gasteiger charge is -2.30. The van der Waals surface area contributed by atoms with E-state index in [9.17, 15) is 13.2 Å². The molecular weight excluding hydrogens is 460 g/mol. The highest BCUT2D eigenvalue weighted by Gasteiger charge is 2.31. The first kappa shape index (κ1) is 23.7. The van der Waals surface area contributed by atoms with Crippen LogP contribution >= 0.6 is 11.6 Å². The summed E-state index contributed by atoms with van der Waals surface area (Å²) in [7, 11) is -3.79. The molecule has 176 valence electrons. The van der Waals surface area contributed by atoms with E-state index in [2.05, 4.69) is 9.88 Å². The number of hydrogen-bond donors (Lipinski definition) is 1. The van der Waals surface area contributed by atoms with Gasteiger partial charge in [0.15, 0.2) is 0 Å². The monoisotopic (exact) mass is 488 g/mol. The number of carbonyl (C=O) groups excluding carboxylic acids is 1. The number of carbonyl (C=O) groups is 1. The number of aryl methyl sites for hydroxylation is 1. The molecule has 1 fully saturated rings. The van der Waals surface area contributed by atoms with E-state index < -0.39 is 10.0 Å². The fraction of sp³-hybridized carbons (Fsp3) is 0.417. The number of piperidine rings is 1. The Morgan fingerprint density at radius 3 is 2.76 bits per heavy atom. The Labute approximate surface area is 199 Å². The van der Waals surface area contributed by atoms with Crippen LogP contribution < -0.4 is 5.32 Å². The fourth-order valence-electron chi connectivity index (χ4n) is 4.45. The fourth-order valence-corrected chi connectivity index (χ4v) is 6.55. The van der Waals surface area contributed by atoms with Crippen molar-refractivity contribution >= 4 is 38.6 Å². The van der Waals surface area contributed by atoms with Gasteiger partial charge < -0.3 is 9.88 Å². The molecule has 1 saturated heterocycles. The SMILES string of the molecule is CCn1c(C(C)NC(=O)c2ccc(Cl)c(S(=O)(=O)N3CCCC(C)C3)c2)nc2ccccc21. The van der Waals surface area contributed by atoms with Crippen LogP contribution in [0.1, 0.15) is 55.8 Å². The lowest BCUT2D eigenvalue weighted by molar-refractivity contribution is 0.0937. The van der Waals surface area contributed by atoms with Gasteiger partial charge in [0.05, 0.1) is 22.1 Å². The number of aromatic nitrogens is 2. The maximum Gasteiger partial charge on any atom is 0.251 e. The van der Waals surface area contributed by atoms with Crippen LogP contribution in [-0.2, 0) is 16.6 Å². The number of sulfonamides is 1. The number of amides is 1. The summed E-state index contributed by atoms with van der Waals surface area (Å²) in [5.41, 5.74) is 2.12. The molecule has 9 heteroatoms. The van der Waals surface area contributed by atoms with Crippen LogP contribution in [0.5, 0.6) is 0 Å². The molecule has 2 aromatic carbocycles. The van der Waals surface area contributed by atoms with Crippen LogP contribution in [0.3, 0.4) is 0 Å². The van der Waals surface area contributed by atoms with E-state index in [1.54, 1.807) is 6.07 Å². The van der Waals surface area contributed by atoms with E-state index in [4.69, 9.17) is 16.6 Å². The Kier molecular flexibility index (Phi) is 6.79. The molecular formula is C24H29ClN4O3S. The average Bonchev–Trinajstić information content (AvgIpc) is 3.18. The zero-order valence-corrected chi connectivity index (χ0v) is 20.7. The van der Waals surface area contributed by atoms with Gasteiger partial charge >= 0.3 is 0 Å². The third-order valence-corrected chi connectivity index (χ3v) is 8.51. The third-order valence-electron chi connectivity index (χ3n) is 6.17. The average molecular weight is 489 g/mol. The van der Waals surface area contributed by atoms with Crippen molar-refractivity contribution in [2.75, 3.05) is 13.1 Å². The van der Waals surface area contributed by atoms with E-state index >= 15 is 0 Å². The molecule has 0 spiro atoms. The number of nitrogens with zero attached hydrogens (tertiary/aromatic N) is 3. The van der Waals surface area contributed by atoms with Crippen LogP contribution in [0.4, 0.5) is 0 Å². The standard InChI is InChI=1S/C24H29ClN4O3S/c1-4-29-21-10-6-5-9-20(21)27-23(29)17(3)26-24(30)18-11-12-19(25)22(14-18)33(31,32)28-13-7-8-16(2)15-28/h5-6,9-12,14,16-17H,4,7-8,13,15H2,1-3H3,(H,26,30). The van der Waals surface area contributed by atoms with Gasteiger partial charge in [-0.2, -0.15) is 4.31 Å². The Bertz CT molecular complexity index is 1290. The summed E-state index contributed by atoms with van der Waals surface area (Å²) in [6.45, 7) is 7.58. The van der Waals surface area contributed by atoms with Gasteiger partial charge in [0.1, 0.15) is 10.7 Å². The maximum absolute atomic E-state index is 13.3. The second kappa shape index (κ2) is 9.44. The number of para-hydroxylation sites is 2. The summed E-state index contributed by atoms with van der Waals surface area (Å²) >= 11 is 6.28. The molecule has 2 atom stereocenters. The van der Waals surface area contributed by atoms with Gasteiger partial charge in [-0.25, -0.2) is 13.4 Å². The van der Waals surface area contributed by atoms with Gasteiger partial charge in [-0.05, 0) is 62.9 Å². The largest absolute Gasteiger partial charge is 0.342 e. The molecule has 1 amide bonds. The molecule has 0 aliphatic carbocycles. The summed E-state index contributed by atoms with van der Waals surface area (Å²) in [5, 5.41) is 3.08. The third kappa shape index (κ3) is 4.65. The van der Waals surface area contributed by atoms with Crippen molar-refractivity contribution in [2.45, 2.75) is 51.1 Å². The molecule has 4 rings (SSSR count). The Balaban J connectivity index is 1.60. The molecule has 0 saturated carbocycles. The predicted octanol–water partition coefficient (Wildman–Crippen LogP) is 4.62. The Hall–Kier alpha value is -2.42. The van der Waals surface area contributed by atoms with Gasteiger partial charge in [-0.15, -0.1) is 0 Å². The van der Waals surface area contributed by atoms with Crippen LogP contribution in [-0.4, -0.2) is 41.3 Å². The predicted molar refractivity (Wildman–Crippen MR) is 130 cm³/mol. The molecule has 33 heavy (non-hydrogen) atoms. The van der Waals surface area contributed by atoms with Gasteiger partial charge in [0.25, 0.3) is 5.91 Å². The summed E-state index contributed by atoms with van der Waals surface area (Å²) < 4.78 is 30.0. The van der Waals surface area contributed by atoms with Gasteiger partial charge in [0.2, 0.25) is 10.0 Å². The Morgan fingerprint density at radius 1 is 1.27 bits per heavy atom. The van der Waals surface area contributed by atoms with Crippen molar-refractivity contribution in [3.05, 3.63) is 58.9 Å².